The zero-order chi connectivity index (χ0) is 19.6. The van der Waals surface area contributed by atoms with E-state index in [1.165, 1.54) is 6.07 Å². The van der Waals surface area contributed by atoms with Gasteiger partial charge in [-0.1, -0.05) is 36.4 Å². The van der Waals surface area contributed by atoms with E-state index < -0.39 is 11.7 Å². The SMILES string of the molecule is FC(F)(F)c1cccc(/C(=C/C2=NCCCN2)c2ccc3ccccc3n2)c1. The molecule has 0 saturated carbocycles. The minimum atomic E-state index is -4.40. The molecule has 142 valence electrons. The van der Waals surface area contributed by atoms with Gasteiger partial charge in [-0.05, 0) is 42.3 Å². The number of nitrogens with one attached hydrogen (secondary N) is 1. The molecule has 1 aliphatic heterocycles. The van der Waals surface area contributed by atoms with Crippen LogP contribution >= 0.6 is 0 Å². The van der Waals surface area contributed by atoms with Crippen LogP contribution in [-0.2, 0) is 6.18 Å². The number of alkyl halides is 3. The van der Waals surface area contributed by atoms with Crippen LogP contribution in [0.1, 0.15) is 23.2 Å². The Morgan fingerprint density at radius 3 is 2.64 bits per heavy atom. The zero-order valence-corrected chi connectivity index (χ0v) is 15.0. The molecule has 1 N–H and O–H groups in total. The molecule has 3 aromatic rings. The smallest absolute Gasteiger partial charge is 0.370 e. The summed E-state index contributed by atoms with van der Waals surface area (Å²) in [6.07, 6.45) is -1.69. The van der Waals surface area contributed by atoms with Crippen molar-refractivity contribution in [3.05, 3.63) is 83.6 Å². The second kappa shape index (κ2) is 7.46. The van der Waals surface area contributed by atoms with Crippen molar-refractivity contribution >= 4 is 22.3 Å². The van der Waals surface area contributed by atoms with Gasteiger partial charge in [-0.2, -0.15) is 13.2 Å². The highest BCUT2D eigenvalue weighted by atomic mass is 19.4. The van der Waals surface area contributed by atoms with Crippen LogP contribution in [0.25, 0.3) is 16.5 Å². The Balaban J connectivity index is 1.86. The van der Waals surface area contributed by atoms with E-state index in [2.05, 4.69) is 15.3 Å². The van der Waals surface area contributed by atoms with Gasteiger partial charge in [0.05, 0.1) is 16.8 Å². The van der Waals surface area contributed by atoms with Gasteiger partial charge in [-0.25, -0.2) is 4.98 Å². The summed E-state index contributed by atoms with van der Waals surface area (Å²) in [7, 11) is 0. The first-order valence-electron chi connectivity index (χ1n) is 9.04. The number of hydrogen-bond donors (Lipinski definition) is 1. The van der Waals surface area contributed by atoms with Gasteiger partial charge in [-0.15, -0.1) is 0 Å². The van der Waals surface area contributed by atoms with Gasteiger partial charge in [0.1, 0.15) is 5.84 Å². The molecule has 2 heterocycles. The Hall–Kier alpha value is -3.15. The van der Waals surface area contributed by atoms with E-state index in [-0.39, 0.29) is 0 Å². The lowest BCUT2D eigenvalue weighted by Gasteiger charge is -2.15. The number of benzene rings is 2. The Morgan fingerprint density at radius 2 is 1.86 bits per heavy atom. The van der Waals surface area contributed by atoms with Gasteiger partial charge < -0.3 is 5.32 Å². The van der Waals surface area contributed by atoms with Crippen molar-refractivity contribution in [2.24, 2.45) is 4.99 Å². The number of pyridine rings is 1. The molecule has 6 heteroatoms. The first-order valence-corrected chi connectivity index (χ1v) is 9.04. The standard InChI is InChI=1S/C22H18F3N3/c23-22(24,25)17-7-3-6-16(13-17)18(14-21-26-11-4-12-27-21)20-10-9-15-5-1-2-8-19(15)28-20/h1-3,5-10,13-14H,4,11-12H2,(H,26,27)/b18-14-. The quantitative estimate of drug-likeness (QED) is 0.687. The summed E-state index contributed by atoms with van der Waals surface area (Å²) < 4.78 is 39.7. The van der Waals surface area contributed by atoms with Crippen LogP contribution in [0.3, 0.4) is 0 Å². The third kappa shape index (κ3) is 3.91. The molecule has 1 aromatic heterocycles. The molecule has 0 saturated heterocycles. The summed E-state index contributed by atoms with van der Waals surface area (Å²) in [5, 5.41) is 4.17. The van der Waals surface area contributed by atoms with Crippen molar-refractivity contribution in [3.63, 3.8) is 0 Å². The third-order valence-electron chi connectivity index (χ3n) is 4.58. The number of halogens is 3. The number of hydrogen-bond acceptors (Lipinski definition) is 3. The van der Waals surface area contributed by atoms with E-state index in [1.807, 2.05) is 36.4 Å². The maximum absolute atomic E-state index is 13.2. The minimum Gasteiger partial charge on any atom is -0.370 e. The predicted octanol–water partition coefficient (Wildman–Crippen LogP) is 5.08. The molecule has 3 nitrogen and oxygen atoms in total. The highest BCUT2D eigenvalue weighted by Crippen LogP contribution is 2.32. The van der Waals surface area contributed by atoms with Gasteiger partial charge >= 0.3 is 6.18 Å². The highest BCUT2D eigenvalue weighted by molar-refractivity contribution is 6.02. The van der Waals surface area contributed by atoms with Crippen LogP contribution in [0, 0.1) is 0 Å². The molecule has 0 radical (unpaired) electrons. The van der Waals surface area contributed by atoms with Crippen LogP contribution < -0.4 is 5.32 Å². The van der Waals surface area contributed by atoms with Crippen molar-refractivity contribution in [2.45, 2.75) is 12.6 Å². The second-order valence-corrected chi connectivity index (χ2v) is 6.57. The zero-order valence-electron chi connectivity index (χ0n) is 15.0. The molecule has 4 rings (SSSR count). The Kier molecular flexibility index (Phi) is 4.86. The minimum absolute atomic E-state index is 0.452. The lowest BCUT2D eigenvalue weighted by Crippen LogP contribution is -2.28. The number of fused-ring (bicyclic) bond motifs is 1. The molecule has 0 spiro atoms. The fourth-order valence-electron chi connectivity index (χ4n) is 3.17. The van der Waals surface area contributed by atoms with Crippen LogP contribution in [0.5, 0.6) is 0 Å². The topological polar surface area (TPSA) is 37.3 Å². The second-order valence-electron chi connectivity index (χ2n) is 6.57. The maximum Gasteiger partial charge on any atom is 0.416 e. The number of nitrogens with zero attached hydrogens (tertiary/aromatic N) is 2. The molecule has 2 aromatic carbocycles. The van der Waals surface area contributed by atoms with E-state index >= 15 is 0 Å². The molecule has 0 amide bonds. The van der Waals surface area contributed by atoms with Crippen molar-refractivity contribution in [1.29, 1.82) is 0 Å². The Bertz CT molecular complexity index is 1070. The number of amidine groups is 1. The van der Waals surface area contributed by atoms with Gasteiger partial charge in [0.25, 0.3) is 0 Å². The molecule has 1 aliphatic rings. The summed E-state index contributed by atoms with van der Waals surface area (Å²) in [6, 6.07) is 16.7. The Morgan fingerprint density at radius 1 is 1.00 bits per heavy atom. The normalized spacial score (nSPS) is 15.2. The molecular weight excluding hydrogens is 363 g/mol. The number of para-hydroxylation sites is 1. The molecule has 0 aliphatic carbocycles. The average Bonchev–Trinajstić information content (AvgIpc) is 2.72. The number of aliphatic imine (C=N–C) groups is 1. The molecule has 0 fully saturated rings. The van der Waals surface area contributed by atoms with Crippen molar-refractivity contribution in [2.75, 3.05) is 13.1 Å². The van der Waals surface area contributed by atoms with Crippen LogP contribution in [-0.4, -0.2) is 23.9 Å². The van der Waals surface area contributed by atoms with E-state index in [0.29, 0.717) is 29.2 Å². The average molecular weight is 381 g/mol. The summed E-state index contributed by atoms with van der Waals surface area (Å²) in [5.41, 5.74) is 1.76. The fraction of sp³-hybridized carbons (Fsp3) is 0.182. The largest absolute Gasteiger partial charge is 0.416 e. The monoisotopic (exact) mass is 381 g/mol. The molecule has 0 bridgehead atoms. The first-order chi connectivity index (χ1) is 13.5. The molecule has 0 atom stereocenters. The predicted molar refractivity (Wildman–Crippen MR) is 105 cm³/mol. The van der Waals surface area contributed by atoms with Crippen LogP contribution in [0.4, 0.5) is 13.2 Å². The third-order valence-corrected chi connectivity index (χ3v) is 4.58. The van der Waals surface area contributed by atoms with E-state index in [0.717, 1.165) is 36.0 Å². The molecular formula is C22H18F3N3. The van der Waals surface area contributed by atoms with Crippen molar-refractivity contribution in [3.8, 4) is 0 Å². The number of rotatable bonds is 3. The summed E-state index contributed by atoms with van der Waals surface area (Å²) in [5.74, 6) is 0.661. The van der Waals surface area contributed by atoms with Gasteiger partial charge in [0, 0.05) is 24.0 Å². The van der Waals surface area contributed by atoms with E-state index in [4.69, 9.17) is 0 Å². The van der Waals surface area contributed by atoms with Crippen LogP contribution in [0.15, 0.2) is 71.7 Å². The summed E-state index contributed by atoms with van der Waals surface area (Å²) >= 11 is 0. The van der Waals surface area contributed by atoms with E-state index in [1.54, 1.807) is 12.1 Å². The lowest BCUT2D eigenvalue weighted by molar-refractivity contribution is -0.137. The summed E-state index contributed by atoms with van der Waals surface area (Å²) in [4.78, 5) is 9.11. The number of aromatic nitrogens is 1. The first kappa shape index (κ1) is 18.2. The van der Waals surface area contributed by atoms with Gasteiger partial charge in [0.2, 0.25) is 0 Å². The van der Waals surface area contributed by atoms with Gasteiger partial charge in [-0.3, -0.25) is 4.99 Å². The molecule has 28 heavy (non-hydrogen) atoms. The highest BCUT2D eigenvalue weighted by Gasteiger charge is 2.30. The Labute approximate surface area is 160 Å². The van der Waals surface area contributed by atoms with Crippen molar-refractivity contribution < 1.29 is 13.2 Å². The fourth-order valence-corrected chi connectivity index (χ4v) is 3.17. The van der Waals surface area contributed by atoms with Crippen molar-refractivity contribution in [1.82, 2.24) is 10.3 Å². The van der Waals surface area contributed by atoms with Crippen LogP contribution in [0.2, 0.25) is 0 Å². The van der Waals surface area contributed by atoms with E-state index in [9.17, 15) is 13.2 Å². The maximum atomic E-state index is 13.2. The lowest BCUT2D eigenvalue weighted by atomic mass is 9.98. The molecule has 0 unspecified atom stereocenters. The van der Waals surface area contributed by atoms with Gasteiger partial charge in [0.15, 0.2) is 0 Å². The summed E-state index contributed by atoms with van der Waals surface area (Å²) in [6.45, 7) is 1.48.